The summed E-state index contributed by atoms with van der Waals surface area (Å²) in [7, 11) is 0. The molecule has 2 aliphatic rings. The van der Waals surface area contributed by atoms with E-state index in [1.165, 1.54) is 0 Å². The number of hydrogen-bond acceptors (Lipinski definition) is 8. The van der Waals surface area contributed by atoms with E-state index in [0.29, 0.717) is 74.7 Å². The first-order chi connectivity index (χ1) is 21.0. The van der Waals surface area contributed by atoms with E-state index in [1.807, 2.05) is 81.3 Å². The second-order valence-corrected chi connectivity index (χ2v) is 12.9. The maximum Gasteiger partial charge on any atom is 0.410 e. The molecule has 44 heavy (non-hydrogen) atoms. The lowest BCUT2D eigenvalue weighted by Crippen LogP contribution is -2.58. The molecule has 2 fully saturated rings. The van der Waals surface area contributed by atoms with Crippen molar-refractivity contribution in [3.63, 3.8) is 0 Å². The SMILES string of the molecule is Cc1cc(Nc2nc(N3CCN(C(=O)C4(c5ccc(Cl)cc5)CCN(C(=O)OC(C)(C)C)CC4)CC3)nn3cccc23)n[nH]1. The highest BCUT2D eigenvalue weighted by atomic mass is 35.5. The van der Waals surface area contributed by atoms with Crippen LogP contribution in [0.5, 0.6) is 0 Å². The molecule has 0 aliphatic carbocycles. The van der Waals surface area contributed by atoms with Gasteiger partial charge in [-0.2, -0.15) is 10.1 Å². The van der Waals surface area contributed by atoms with Gasteiger partial charge in [0.15, 0.2) is 11.6 Å². The predicted octanol–water partition coefficient (Wildman–Crippen LogP) is 4.78. The topological polar surface area (TPSA) is 124 Å². The van der Waals surface area contributed by atoms with Crippen molar-refractivity contribution in [1.29, 1.82) is 0 Å². The molecule has 0 spiro atoms. The van der Waals surface area contributed by atoms with Gasteiger partial charge in [-0.15, -0.1) is 5.10 Å². The van der Waals surface area contributed by atoms with Crippen molar-refractivity contribution in [3.8, 4) is 0 Å². The molecular weight excluding hydrogens is 582 g/mol. The summed E-state index contributed by atoms with van der Waals surface area (Å²) in [5, 5.41) is 15.9. The molecule has 0 radical (unpaired) electrons. The molecule has 0 bridgehead atoms. The standard InChI is InChI=1S/C31H38ClN9O3/c1-21-20-25(36-35-21)33-26-24-6-5-13-41(24)37-28(34-26)39-18-16-38(17-19-39)27(42)31(22-7-9-23(32)10-8-22)11-14-40(15-12-31)29(43)44-30(2,3)4/h5-10,13,20H,11-12,14-19H2,1-4H3,(H2,33,34,35,36,37). The first-order valence-electron chi connectivity index (χ1n) is 14.9. The first-order valence-corrected chi connectivity index (χ1v) is 15.3. The van der Waals surface area contributed by atoms with Crippen LogP contribution in [0.2, 0.25) is 5.02 Å². The van der Waals surface area contributed by atoms with Crippen LogP contribution in [-0.2, 0) is 14.9 Å². The predicted molar refractivity (Wildman–Crippen MR) is 169 cm³/mol. The van der Waals surface area contributed by atoms with Crippen LogP contribution >= 0.6 is 11.6 Å². The van der Waals surface area contributed by atoms with E-state index in [4.69, 9.17) is 26.4 Å². The number of aromatic amines is 1. The number of nitrogens with one attached hydrogen (secondary N) is 2. The van der Waals surface area contributed by atoms with E-state index in [2.05, 4.69) is 20.4 Å². The minimum absolute atomic E-state index is 0.0707. The lowest BCUT2D eigenvalue weighted by Gasteiger charge is -2.45. The van der Waals surface area contributed by atoms with Crippen LogP contribution in [0, 0.1) is 6.92 Å². The number of likely N-dealkylation sites (tertiary alicyclic amines) is 1. The minimum Gasteiger partial charge on any atom is -0.444 e. The molecule has 2 N–H and O–H groups in total. The number of nitrogens with zero attached hydrogens (tertiary/aromatic N) is 7. The molecule has 12 nitrogen and oxygen atoms in total. The summed E-state index contributed by atoms with van der Waals surface area (Å²) in [5.41, 5.74) is 1.36. The van der Waals surface area contributed by atoms with Gasteiger partial charge in [0.25, 0.3) is 0 Å². The zero-order chi connectivity index (χ0) is 31.1. The Hall–Kier alpha value is -4.32. The minimum atomic E-state index is -0.759. The highest BCUT2D eigenvalue weighted by molar-refractivity contribution is 6.30. The van der Waals surface area contributed by atoms with Gasteiger partial charge in [0.1, 0.15) is 11.1 Å². The molecule has 13 heteroatoms. The number of anilines is 3. The van der Waals surface area contributed by atoms with Crippen LogP contribution in [0.1, 0.15) is 44.9 Å². The Morgan fingerprint density at radius 3 is 2.34 bits per heavy atom. The number of rotatable bonds is 5. The monoisotopic (exact) mass is 619 g/mol. The van der Waals surface area contributed by atoms with Gasteiger partial charge in [0.2, 0.25) is 11.9 Å². The van der Waals surface area contributed by atoms with E-state index >= 15 is 0 Å². The molecule has 3 aromatic heterocycles. The fraction of sp³-hybridized carbons (Fsp3) is 0.452. The van der Waals surface area contributed by atoms with Crippen molar-refractivity contribution >= 4 is 46.7 Å². The summed E-state index contributed by atoms with van der Waals surface area (Å²) in [6.45, 7) is 10.6. The quantitative estimate of drug-likeness (QED) is 0.327. The number of piperazine rings is 1. The van der Waals surface area contributed by atoms with Gasteiger partial charge in [0.05, 0.1) is 5.41 Å². The first kappa shape index (κ1) is 29.7. The van der Waals surface area contributed by atoms with Crippen LogP contribution in [0.4, 0.5) is 22.4 Å². The van der Waals surface area contributed by atoms with Crippen molar-refractivity contribution in [3.05, 3.63) is 64.9 Å². The molecule has 0 unspecified atom stereocenters. The number of aryl methyl sites for hydroxylation is 1. The van der Waals surface area contributed by atoms with E-state index in [9.17, 15) is 9.59 Å². The molecule has 2 aliphatic heterocycles. The van der Waals surface area contributed by atoms with Gasteiger partial charge in [-0.05, 0) is 70.4 Å². The van der Waals surface area contributed by atoms with Crippen molar-refractivity contribution in [1.82, 2.24) is 34.6 Å². The van der Waals surface area contributed by atoms with E-state index in [0.717, 1.165) is 16.8 Å². The number of benzene rings is 1. The van der Waals surface area contributed by atoms with Gasteiger partial charge >= 0.3 is 6.09 Å². The molecule has 232 valence electrons. The maximum atomic E-state index is 14.4. The van der Waals surface area contributed by atoms with Crippen LogP contribution in [-0.4, -0.2) is 91.5 Å². The van der Waals surface area contributed by atoms with Gasteiger partial charge in [0, 0.05) is 62.2 Å². The number of hydrogen-bond donors (Lipinski definition) is 2. The molecule has 0 saturated carbocycles. The fourth-order valence-corrected chi connectivity index (χ4v) is 6.08. The Morgan fingerprint density at radius 1 is 1.00 bits per heavy atom. The van der Waals surface area contributed by atoms with Crippen molar-refractivity contribution in [2.45, 2.75) is 51.6 Å². The van der Waals surface area contributed by atoms with Gasteiger partial charge in [-0.25, -0.2) is 9.31 Å². The number of carbonyl (C=O) groups is 2. The Balaban J connectivity index is 1.19. The summed E-state index contributed by atoms with van der Waals surface area (Å²) in [4.78, 5) is 37.8. The molecule has 0 atom stereocenters. The van der Waals surface area contributed by atoms with Crippen molar-refractivity contribution in [2.75, 3.05) is 49.5 Å². The number of aromatic nitrogens is 5. The van der Waals surface area contributed by atoms with E-state index in [1.54, 1.807) is 9.42 Å². The van der Waals surface area contributed by atoms with Crippen LogP contribution in [0.3, 0.4) is 0 Å². The second kappa shape index (κ2) is 11.6. The number of amides is 2. The number of fused-ring (bicyclic) bond motifs is 1. The van der Waals surface area contributed by atoms with E-state index < -0.39 is 11.0 Å². The van der Waals surface area contributed by atoms with Crippen LogP contribution in [0.15, 0.2) is 48.7 Å². The number of piperidine rings is 1. The number of halogens is 1. The normalized spacial score (nSPS) is 17.2. The lowest BCUT2D eigenvalue weighted by molar-refractivity contribution is -0.140. The zero-order valence-electron chi connectivity index (χ0n) is 25.5. The smallest absolute Gasteiger partial charge is 0.410 e. The fourth-order valence-electron chi connectivity index (χ4n) is 5.96. The highest BCUT2D eigenvalue weighted by Crippen LogP contribution is 2.39. The Labute approximate surface area is 261 Å². The third-order valence-electron chi connectivity index (χ3n) is 8.26. The maximum absolute atomic E-state index is 14.4. The summed E-state index contributed by atoms with van der Waals surface area (Å²) in [6, 6.07) is 13.3. The summed E-state index contributed by atoms with van der Waals surface area (Å²) < 4.78 is 7.41. The van der Waals surface area contributed by atoms with Gasteiger partial charge < -0.3 is 24.8 Å². The van der Waals surface area contributed by atoms with Crippen molar-refractivity contribution in [2.24, 2.45) is 0 Å². The summed E-state index contributed by atoms with van der Waals surface area (Å²) in [5.74, 6) is 1.98. The van der Waals surface area contributed by atoms with Crippen molar-refractivity contribution < 1.29 is 14.3 Å². The molecule has 1 aromatic carbocycles. The summed E-state index contributed by atoms with van der Waals surface area (Å²) >= 11 is 6.22. The van der Waals surface area contributed by atoms with Crippen LogP contribution in [0.25, 0.3) is 5.52 Å². The Morgan fingerprint density at radius 2 is 1.70 bits per heavy atom. The molecule has 2 saturated heterocycles. The average Bonchev–Trinajstić information content (AvgIpc) is 3.65. The Kier molecular flexibility index (Phi) is 7.87. The third kappa shape index (κ3) is 6.03. The molecule has 5 heterocycles. The largest absolute Gasteiger partial charge is 0.444 e. The van der Waals surface area contributed by atoms with Crippen LogP contribution < -0.4 is 10.2 Å². The zero-order valence-corrected chi connectivity index (χ0v) is 26.3. The Bertz CT molecular complexity index is 1640. The van der Waals surface area contributed by atoms with Gasteiger partial charge in [-0.1, -0.05) is 23.7 Å². The lowest BCUT2D eigenvalue weighted by atomic mass is 9.71. The molecule has 6 rings (SSSR count). The van der Waals surface area contributed by atoms with Gasteiger partial charge in [-0.3, -0.25) is 9.89 Å². The molecular formula is C31H38ClN9O3. The summed E-state index contributed by atoms with van der Waals surface area (Å²) in [6.07, 6.45) is 2.55. The number of carbonyl (C=O) groups excluding carboxylic acids is 2. The number of ether oxygens (including phenoxy) is 1. The van der Waals surface area contributed by atoms with E-state index in [-0.39, 0.29) is 12.0 Å². The second-order valence-electron chi connectivity index (χ2n) is 12.5. The molecule has 2 amide bonds. The average molecular weight is 620 g/mol. The molecule has 4 aromatic rings. The highest BCUT2D eigenvalue weighted by Gasteiger charge is 2.46. The number of H-pyrrole nitrogens is 1. The third-order valence-corrected chi connectivity index (χ3v) is 8.51.